The Morgan fingerprint density at radius 1 is 1.15 bits per heavy atom. The average molecular weight is 293 g/mol. The lowest BCUT2D eigenvalue weighted by molar-refractivity contribution is 0.587. The van der Waals surface area contributed by atoms with Crippen LogP contribution in [0.1, 0.15) is 25.1 Å². The van der Waals surface area contributed by atoms with Crippen LogP contribution in [0.15, 0.2) is 35.4 Å². The van der Waals surface area contributed by atoms with Gasteiger partial charge in [-0.2, -0.15) is 0 Å². The Kier molecular flexibility index (Phi) is 4.23. The molecule has 0 unspecified atom stereocenters. The molecule has 2 aromatic rings. The Bertz CT molecular complexity index is 673. The molecule has 5 nitrogen and oxygen atoms in total. The van der Waals surface area contributed by atoms with Crippen molar-refractivity contribution >= 4 is 9.84 Å². The zero-order valence-corrected chi connectivity index (χ0v) is 12.8. The number of benzene rings is 1. The minimum absolute atomic E-state index is 0.385. The maximum absolute atomic E-state index is 12.0. The predicted octanol–water partition coefficient (Wildman–Crippen LogP) is 1.78. The molecule has 0 spiro atoms. The first kappa shape index (κ1) is 14.7. The Balaban J connectivity index is 2.05. The molecule has 0 aliphatic carbocycles. The first-order chi connectivity index (χ1) is 9.39. The summed E-state index contributed by atoms with van der Waals surface area (Å²) < 4.78 is 25.7. The van der Waals surface area contributed by atoms with Gasteiger partial charge in [0.15, 0.2) is 9.84 Å². The molecule has 2 rings (SSSR count). The normalized spacial score (nSPS) is 12.0. The van der Waals surface area contributed by atoms with E-state index in [2.05, 4.69) is 10.3 Å². The van der Waals surface area contributed by atoms with E-state index < -0.39 is 15.1 Å². The lowest BCUT2D eigenvalue weighted by Gasteiger charge is -2.08. The van der Waals surface area contributed by atoms with Crippen molar-refractivity contribution in [2.45, 2.75) is 36.8 Å². The summed E-state index contributed by atoms with van der Waals surface area (Å²) in [5.41, 5.74) is 2.03. The largest absolute Gasteiger partial charge is 0.255 e. The molecule has 0 fully saturated rings. The van der Waals surface area contributed by atoms with Crippen molar-refractivity contribution in [2.24, 2.45) is 7.05 Å². The van der Waals surface area contributed by atoms with E-state index in [1.165, 1.54) is 0 Å². The predicted molar refractivity (Wildman–Crippen MR) is 77.2 cm³/mol. The van der Waals surface area contributed by atoms with Crippen LogP contribution >= 0.6 is 0 Å². The fraction of sp³-hybridized carbons (Fsp3) is 0.429. The second-order valence-electron chi connectivity index (χ2n) is 5.12. The minimum atomic E-state index is -3.18. The third-order valence-electron chi connectivity index (χ3n) is 3.19. The first-order valence-corrected chi connectivity index (χ1v) is 8.12. The topological polar surface area (TPSA) is 64.8 Å². The van der Waals surface area contributed by atoms with E-state index in [9.17, 15) is 8.42 Å². The van der Waals surface area contributed by atoms with Crippen LogP contribution in [0.25, 0.3) is 0 Å². The van der Waals surface area contributed by atoms with Gasteiger partial charge in [0.2, 0.25) is 0 Å². The number of hydrogen-bond donors (Lipinski definition) is 0. The summed E-state index contributed by atoms with van der Waals surface area (Å²) in [6, 6.07) is 7.10. The molecule has 0 saturated carbocycles. The Labute approximate surface area is 119 Å². The van der Waals surface area contributed by atoms with Crippen LogP contribution in [0.3, 0.4) is 0 Å². The van der Waals surface area contributed by atoms with E-state index in [4.69, 9.17) is 0 Å². The molecule has 0 amide bonds. The molecule has 20 heavy (non-hydrogen) atoms. The second kappa shape index (κ2) is 5.75. The monoisotopic (exact) mass is 293 g/mol. The highest BCUT2D eigenvalue weighted by Crippen LogP contribution is 2.17. The molecule has 108 valence electrons. The standard InChI is InChI=1S/C14H19N3O2S/c1-11(2)20(18,19)14-8-5-12(6-9-14)4-7-13-10-17(3)16-15-13/h5-6,8-11H,4,7H2,1-3H3. The summed E-state index contributed by atoms with van der Waals surface area (Å²) in [6.07, 6.45) is 3.50. The van der Waals surface area contributed by atoms with Gasteiger partial charge in [0.1, 0.15) is 0 Å². The summed E-state index contributed by atoms with van der Waals surface area (Å²) in [7, 11) is -1.35. The number of aryl methyl sites for hydroxylation is 3. The van der Waals surface area contributed by atoms with Gasteiger partial charge in [-0.1, -0.05) is 17.3 Å². The van der Waals surface area contributed by atoms with Crippen molar-refractivity contribution < 1.29 is 8.42 Å². The van der Waals surface area contributed by atoms with E-state index in [1.54, 1.807) is 30.7 Å². The quantitative estimate of drug-likeness (QED) is 0.843. The molecule has 0 N–H and O–H groups in total. The van der Waals surface area contributed by atoms with Crippen molar-refractivity contribution in [1.82, 2.24) is 15.0 Å². The Morgan fingerprint density at radius 3 is 2.30 bits per heavy atom. The zero-order chi connectivity index (χ0) is 14.8. The first-order valence-electron chi connectivity index (χ1n) is 6.57. The van der Waals surface area contributed by atoms with Crippen molar-refractivity contribution in [3.63, 3.8) is 0 Å². The highest BCUT2D eigenvalue weighted by Gasteiger charge is 2.18. The molecular formula is C14H19N3O2S. The number of aromatic nitrogens is 3. The van der Waals surface area contributed by atoms with Crippen molar-refractivity contribution in [3.8, 4) is 0 Å². The van der Waals surface area contributed by atoms with Gasteiger partial charge in [0, 0.05) is 13.2 Å². The van der Waals surface area contributed by atoms with Crippen LogP contribution in [0.2, 0.25) is 0 Å². The fourth-order valence-corrected chi connectivity index (χ4v) is 2.96. The lowest BCUT2D eigenvalue weighted by atomic mass is 10.1. The average Bonchev–Trinajstić information content (AvgIpc) is 2.82. The second-order valence-corrected chi connectivity index (χ2v) is 7.63. The van der Waals surface area contributed by atoms with Gasteiger partial charge >= 0.3 is 0 Å². The molecule has 0 radical (unpaired) electrons. The maximum atomic E-state index is 12.0. The molecule has 1 heterocycles. The van der Waals surface area contributed by atoms with Gasteiger partial charge in [0.05, 0.1) is 15.8 Å². The summed E-state index contributed by atoms with van der Waals surface area (Å²) in [5.74, 6) is 0. The molecule has 6 heteroatoms. The zero-order valence-electron chi connectivity index (χ0n) is 11.9. The summed E-state index contributed by atoms with van der Waals surface area (Å²) in [6.45, 7) is 3.38. The van der Waals surface area contributed by atoms with Crippen molar-refractivity contribution in [2.75, 3.05) is 0 Å². The molecular weight excluding hydrogens is 274 g/mol. The molecule has 1 aromatic carbocycles. The van der Waals surface area contributed by atoms with Gasteiger partial charge in [-0.15, -0.1) is 5.10 Å². The van der Waals surface area contributed by atoms with Crippen molar-refractivity contribution in [1.29, 1.82) is 0 Å². The highest BCUT2D eigenvalue weighted by atomic mass is 32.2. The summed E-state index contributed by atoms with van der Waals surface area (Å²) in [4.78, 5) is 0.385. The van der Waals surface area contributed by atoms with E-state index in [-0.39, 0.29) is 0 Å². The van der Waals surface area contributed by atoms with Crippen LogP contribution in [0.5, 0.6) is 0 Å². The molecule has 0 aliphatic rings. The van der Waals surface area contributed by atoms with Gasteiger partial charge in [0.25, 0.3) is 0 Å². The Morgan fingerprint density at radius 2 is 1.80 bits per heavy atom. The lowest BCUT2D eigenvalue weighted by Crippen LogP contribution is -2.13. The number of nitrogens with zero attached hydrogens (tertiary/aromatic N) is 3. The van der Waals surface area contributed by atoms with E-state index in [0.29, 0.717) is 4.90 Å². The van der Waals surface area contributed by atoms with Crippen LogP contribution in [-0.2, 0) is 29.7 Å². The molecule has 0 atom stereocenters. The summed E-state index contributed by atoms with van der Waals surface area (Å²) in [5, 5.41) is 7.51. The summed E-state index contributed by atoms with van der Waals surface area (Å²) >= 11 is 0. The van der Waals surface area contributed by atoms with Crippen LogP contribution < -0.4 is 0 Å². The van der Waals surface area contributed by atoms with Crippen LogP contribution in [-0.4, -0.2) is 28.7 Å². The number of sulfone groups is 1. The van der Waals surface area contributed by atoms with E-state index in [0.717, 1.165) is 24.1 Å². The van der Waals surface area contributed by atoms with E-state index in [1.807, 2.05) is 25.4 Å². The van der Waals surface area contributed by atoms with Gasteiger partial charge < -0.3 is 0 Å². The SMILES string of the molecule is CC(C)S(=O)(=O)c1ccc(CCc2cn(C)nn2)cc1. The van der Waals surface area contributed by atoms with E-state index >= 15 is 0 Å². The number of rotatable bonds is 5. The molecule has 0 saturated heterocycles. The number of hydrogen-bond acceptors (Lipinski definition) is 4. The van der Waals surface area contributed by atoms with Gasteiger partial charge in [-0.05, 0) is 44.4 Å². The molecule has 0 aliphatic heterocycles. The van der Waals surface area contributed by atoms with Crippen molar-refractivity contribution in [3.05, 3.63) is 41.7 Å². The molecule has 1 aromatic heterocycles. The highest BCUT2D eigenvalue weighted by molar-refractivity contribution is 7.92. The van der Waals surface area contributed by atoms with Crippen LogP contribution in [0, 0.1) is 0 Å². The van der Waals surface area contributed by atoms with Gasteiger partial charge in [-0.3, -0.25) is 4.68 Å². The van der Waals surface area contributed by atoms with Gasteiger partial charge in [-0.25, -0.2) is 8.42 Å². The molecule has 0 bridgehead atoms. The third kappa shape index (κ3) is 3.25. The minimum Gasteiger partial charge on any atom is -0.255 e. The van der Waals surface area contributed by atoms with Crippen LogP contribution in [0.4, 0.5) is 0 Å². The fourth-order valence-electron chi connectivity index (χ4n) is 1.90. The maximum Gasteiger partial charge on any atom is 0.180 e. The Hall–Kier alpha value is -1.69. The smallest absolute Gasteiger partial charge is 0.180 e. The third-order valence-corrected chi connectivity index (χ3v) is 5.36.